The maximum atomic E-state index is 7.48. The number of nitrogens with zero attached hydrogens (tertiary/aromatic N) is 3. The van der Waals surface area contributed by atoms with Gasteiger partial charge in [0.2, 0.25) is 0 Å². The third-order valence-corrected chi connectivity index (χ3v) is 10.3. The summed E-state index contributed by atoms with van der Waals surface area (Å²) in [6, 6.07) is 57.5. The molecule has 0 aliphatic heterocycles. The van der Waals surface area contributed by atoms with Crippen LogP contribution in [0.3, 0.4) is 0 Å². The molecular formula is C48H33N3. The Balaban J connectivity index is 1.03. The van der Waals surface area contributed by atoms with E-state index in [1.807, 2.05) is 30.3 Å². The molecule has 0 spiro atoms. The fraction of sp³-hybridized carbons (Fsp3) is 0.0625. The van der Waals surface area contributed by atoms with Gasteiger partial charge in [-0.05, 0) is 73.5 Å². The molecule has 3 nitrogen and oxygen atoms in total. The number of hydrogen-bond donors (Lipinski definition) is 0. The topological polar surface area (TPSA) is 30.1 Å². The van der Waals surface area contributed by atoms with Crippen LogP contribution in [0.15, 0.2) is 164 Å². The van der Waals surface area contributed by atoms with E-state index < -0.39 is 0 Å². The Kier molecular flexibility index (Phi) is 7.19. The van der Waals surface area contributed by atoms with Crippen molar-refractivity contribution in [3.63, 3.8) is 0 Å². The minimum absolute atomic E-state index is 0.121. The summed E-state index contributed by atoms with van der Waals surface area (Å²) < 4.78 is 0. The van der Waals surface area contributed by atoms with Gasteiger partial charge in [-0.15, -0.1) is 0 Å². The Bertz CT molecular complexity index is 2640. The molecule has 1 aromatic heterocycles. The molecule has 9 rings (SSSR count). The van der Waals surface area contributed by atoms with Gasteiger partial charge in [-0.25, -0.2) is 14.8 Å². The number of aromatic nitrogens is 2. The summed E-state index contributed by atoms with van der Waals surface area (Å²) in [6.07, 6.45) is 0. The smallest absolute Gasteiger partial charge is 0.187 e. The highest BCUT2D eigenvalue weighted by Crippen LogP contribution is 2.50. The zero-order valence-electron chi connectivity index (χ0n) is 28.4. The minimum Gasteiger partial charge on any atom is -0.238 e. The summed E-state index contributed by atoms with van der Waals surface area (Å²) in [5, 5.41) is 2.31. The highest BCUT2D eigenvalue weighted by atomic mass is 14.9. The Labute approximate surface area is 298 Å². The molecule has 0 radical (unpaired) electrons. The lowest BCUT2D eigenvalue weighted by Gasteiger charge is -2.22. The highest BCUT2D eigenvalue weighted by Gasteiger charge is 2.35. The van der Waals surface area contributed by atoms with E-state index in [-0.39, 0.29) is 5.41 Å². The molecule has 1 aliphatic carbocycles. The molecule has 51 heavy (non-hydrogen) atoms. The van der Waals surface area contributed by atoms with Crippen LogP contribution in [0.25, 0.3) is 82.9 Å². The van der Waals surface area contributed by atoms with Crippen molar-refractivity contribution in [2.75, 3.05) is 0 Å². The maximum absolute atomic E-state index is 7.48. The number of rotatable bonds is 5. The largest absolute Gasteiger partial charge is 0.238 e. The lowest BCUT2D eigenvalue weighted by molar-refractivity contribution is 0.660. The van der Waals surface area contributed by atoms with E-state index in [0.29, 0.717) is 5.69 Å². The SMILES string of the molecule is [C-]#[N+]c1ccc2c(c1)-c1ccc(-c3ccc(-c4ccc(-c5cc(-c6ccccc6)nc(-c6cccc7ccccc67)n5)cc4)cc3)cc1C2(C)C. The molecule has 7 aromatic carbocycles. The Morgan fingerprint density at radius 1 is 0.451 bits per heavy atom. The molecule has 1 heterocycles. The van der Waals surface area contributed by atoms with Crippen molar-refractivity contribution in [1.82, 2.24) is 9.97 Å². The Hall–Kier alpha value is -6.63. The lowest BCUT2D eigenvalue weighted by atomic mass is 9.81. The normalized spacial score (nSPS) is 12.6. The third kappa shape index (κ3) is 5.30. The second-order valence-corrected chi connectivity index (χ2v) is 13.7. The predicted molar refractivity (Wildman–Crippen MR) is 211 cm³/mol. The standard InChI is InChI=1S/C48H33N3/c1-48(2)43-27-25-38(49-3)29-42(43)40-26-24-37(28-44(40)48)33-18-16-31(17-19-33)32-20-22-36(23-21-32)46-30-45(35-11-5-4-6-12-35)50-47(51-46)41-15-9-13-34-10-7-8-14-39(34)41/h4-30H,1-2H3. The molecule has 1 aliphatic rings. The molecule has 3 heteroatoms. The molecular weight excluding hydrogens is 619 g/mol. The lowest BCUT2D eigenvalue weighted by Crippen LogP contribution is -2.14. The highest BCUT2D eigenvalue weighted by molar-refractivity contribution is 5.95. The van der Waals surface area contributed by atoms with Gasteiger partial charge in [0, 0.05) is 22.1 Å². The molecule has 8 aromatic rings. The van der Waals surface area contributed by atoms with E-state index in [2.05, 4.69) is 152 Å². The zero-order valence-corrected chi connectivity index (χ0v) is 28.4. The first-order valence-corrected chi connectivity index (χ1v) is 17.3. The van der Waals surface area contributed by atoms with Gasteiger partial charge in [0.05, 0.1) is 18.0 Å². The maximum Gasteiger partial charge on any atom is 0.187 e. The third-order valence-electron chi connectivity index (χ3n) is 10.3. The van der Waals surface area contributed by atoms with E-state index in [1.165, 1.54) is 38.8 Å². The number of benzene rings is 7. The molecule has 0 saturated carbocycles. The second-order valence-electron chi connectivity index (χ2n) is 13.7. The van der Waals surface area contributed by atoms with Crippen molar-refractivity contribution in [1.29, 1.82) is 0 Å². The van der Waals surface area contributed by atoms with Crippen molar-refractivity contribution < 1.29 is 0 Å². The number of hydrogen-bond acceptors (Lipinski definition) is 2. The summed E-state index contributed by atoms with van der Waals surface area (Å²) in [5.41, 5.74) is 15.2. The molecule has 0 bridgehead atoms. The summed E-state index contributed by atoms with van der Waals surface area (Å²) in [4.78, 5) is 13.9. The number of fused-ring (bicyclic) bond motifs is 4. The molecule has 0 saturated heterocycles. The predicted octanol–water partition coefficient (Wildman–Crippen LogP) is 12.8. The van der Waals surface area contributed by atoms with Gasteiger partial charge < -0.3 is 0 Å². The summed E-state index contributed by atoms with van der Waals surface area (Å²) >= 11 is 0. The molecule has 0 N–H and O–H groups in total. The van der Waals surface area contributed by atoms with Crippen LogP contribution >= 0.6 is 0 Å². The van der Waals surface area contributed by atoms with Crippen molar-refractivity contribution in [2.24, 2.45) is 0 Å². The molecule has 0 amide bonds. The van der Waals surface area contributed by atoms with Crippen molar-refractivity contribution in [2.45, 2.75) is 19.3 Å². The van der Waals surface area contributed by atoms with Crippen LogP contribution in [0, 0.1) is 6.57 Å². The Morgan fingerprint density at radius 3 is 1.75 bits per heavy atom. The van der Waals surface area contributed by atoms with Gasteiger partial charge in [-0.1, -0.05) is 159 Å². The van der Waals surface area contributed by atoms with Crippen LogP contribution in [-0.2, 0) is 5.41 Å². The van der Waals surface area contributed by atoms with E-state index in [0.717, 1.165) is 50.4 Å². The van der Waals surface area contributed by atoms with Crippen LogP contribution in [0.2, 0.25) is 0 Å². The Morgan fingerprint density at radius 2 is 1.04 bits per heavy atom. The van der Waals surface area contributed by atoms with Gasteiger partial charge in [0.15, 0.2) is 11.5 Å². The van der Waals surface area contributed by atoms with Gasteiger partial charge in [-0.2, -0.15) is 0 Å². The van der Waals surface area contributed by atoms with Crippen molar-refractivity contribution in [3.8, 4) is 67.3 Å². The quantitative estimate of drug-likeness (QED) is 0.173. The summed E-state index contributed by atoms with van der Waals surface area (Å²) in [5.74, 6) is 0.717. The van der Waals surface area contributed by atoms with Crippen LogP contribution in [0.5, 0.6) is 0 Å². The molecule has 240 valence electrons. The monoisotopic (exact) mass is 651 g/mol. The van der Waals surface area contributed by atoms with Crippen LogP contribution in [-0.4, -0.2) is 9.97 Å². The zero-order chi connectivity index (χ0) is 34.5. The average Bonchev–Trinajstić information content (AvgIpc) is 3.42. The van der Waals surface area contributed by atoms with Gasteiger partial charge in [-0.3, -0.25) is 0 Å². The van der Waals surface area contributed by atoms with Gasteiger partial charge in [0.25, 0.3) is 0 Å². The van der Waals surface area contributed by atoms with Crippen molar-refractivity contribution in [3.05, 3.63) is 186 Å². The summed E-state index contributed by atoms with van der Waals surface area (Å²) in [6.45, 7) is 12.0. The fourth-order valence-corrected chi connectivity index (χ4v) is 7.57. The molecule has 0 unspecified atom stereocenters. The first kappa shape index (κ1) is 30.4. The molecule has 0 fully saturated rings. The van der Waals surface area contributed by atoms with E-state index in [4.69, 9.17) is 16.5 Å². The van der Waals surface area contributed by atoms with E-state index in [9.17, 15) is 0 Å². The fourth-order valence-electron chi connectivity index (χ4n) is 7.57. The van der Waals surface area contributed by atoms with Crippen molar-refractivity contribution >= 4 is 16.5 Å². The second kappa shape index (κ2) is 12.1. The van der Waals surface area contributed by atoms with Crippen LogP contribution < -0.4 is 0 Å². The van der Waals surface area contributed by atoms with E-state index in [1.54, 1.807) is 0 Å². The summed E-state index contributed by atoms with van der Waals surface area (Å²) in [7, 11) is 0. The van der Waals surface area contributed by atoms with Gasteiger partial charge in [0.1, 0.15) is 0 Å². The first-order chi connectivity index (χ1) is 25.0. The van der Waals surface area contributed by atoms with Gasteiger partial charge >= 0.3 is 0 Å². The van der Waals surface area contributed by atoms with E-state index >= 15 is 0 Å². The first-order valence-electron chi connectivity index (χ1n) is 17.3. The molecule has 0 atom stereocenters. The minimum atomic E-state index is -0.121. The average molecular weight is 652 g/mol. The van der Waals surface area contributed by atoms with Crippen LogP contribution in [0.4, 0.5) is 5.69 Å². The van der Waals surface area contributed by atoms with Crippen LogP contribution in [0.1, 0.15) is 25.0 Å².